The minimum atomic E-state index is -0.803. The Morgan fingerprint density at radius 2 is 2.04 bits per heavy atom. The molecule has 7 heteroatoms. The average molecular weight is 343 g/mol. The van der Waals surface area contributed by atoms with Gasteiger partial charge < -0.3 is 15.3 Å². The van der Waals surface area contributed by atoms with Crippen LogP contribution in [0, 0.1) is 11.2 Å². The molecule has 0 aromatic heterocycles. The van der Waals surface area contributed by atoms with Crippen molar-refractivity contribution in [3.05, 3.63) is 35.6 Å². The van der Waals surface area contributed by atoms with E-state index in [0.717, 1.165) is 13.0 Å². The predicted molar refractivity (Wildman–Crippen MR) is 85.3 cm³/mol. The summed E-state index contributed by atoms with van der Waals surface area (Å²) in [4.78, 5) is 25.7. The zero-order chi connectivity index (χ0) is 15.7. The summed E-state index contributed by atoms with van der Waals surface area (Å²) in [5.74, 6) is -1.72. The van der Waals surface area contributed by atoms with Crippen molar-refractivity contribution in [1.29, 1.82) is 0 Å². The number of fused-ring (bicyclic) bond motifs is 1. The van der Waals surface area contributed by atoms with Crippen LogP contribution in [0.2, 0.25) is 0 Å². The summed E-state index contributed by atoms with van der Waals surface area (Å²) in [5.41, 5.74) is -0.759. The van der Waals surface area contributed by atoms with Crippen LogP contribution >= 0.6 is 12.4 Å². The second-order valence-corrected chi connectivity index (χ2v) is 6.05. The lowest BCUT2D eigenvalue weighted by atomic mass is 9.69. The van der Waals surface area contributed by atoms with E-state index in [0.29, 0.717) is 25.9 Å². The molecule has 0 saturated carbocycles. The molecule has 2 aliphatic heterocycles. The van der Waals surface area contributed by atoms with Crippen LogP contribution in [-0.2, 0) is 4.79 Å². The van der Waals surface area contributed by atoms with E-state index in [-0.39, 0.29) is 29.9 Å². The Morgan fingerprint density at radius 1 is 1.30 bits per heavy atom. The molecule has 2 atom stereocenters. The number of carbonyl (C=O) groups excluding carboxylic acids is 1. The Hall–Kier alpha value is -1.66. The van der Waals surface area contributed by atoms with Gasteiger partial charge >= 0.3 is 5.97 Å². The van der Waals surface area contributed by atoms with Crippen molar-refractivity contribution in [2.75, 3.05) is 19.6 Å². The van der Waals surface area contributed by atoms with Gasteiger partial charge in [0.05, 0.1) is 11.0 Å². The fourth-order valence-corrected chi connectivity index (χ4v) is 3.59. The van der Waals surface area contributed by atoms with E-state index in [9.17, 15) is 19.1 Å². The maximum Gasteiger partial charge on any atom is 0.311 e. The molecular formula is C16H20ClFN2O3. The third kappa shape index (κ3) is 3.05. The number of carbonyl (C=O) groups is 2. The highest BCUT2D eigenvalue weighted by molar-refractivity contribution is 5.94. The van der Waals surface area contributed by atoms with Crippen LogP contribution in [0.25, 0.3) is 0 Å². The first kappa shape index (κ1) is 17.7. The van der Waals surface area contributed by atoms with Gasteiger partial charge in [-0.1, -0.05) is 12.1 Å². The fraction of sp³-hybridized carbons (Fsp3) is 0.500. The lowest BCUT2D eigenvalue weighted by Gasteiger charge is -2.48. The first-order valence-electron chi connectivity index (χ1n) is 7.55. The monoisotopic (exact) mass is 342 g/mol. The molecule has 0 spiro atoms. The number of hydrogen-bond acceptors (Lipinski definition) is 3. The van der Waals surface area contributed by atoms with E-state index in [4.69, 9.17) is 0 Å². The molecule has 1 aromatic carbocycles. The topological polar surface area (TPSA) is 69.6 Å². The third-order valence-electron chi connectivity index (χ3n) is 4.91. The molecule has 0 unspecified atom stereocenters. The van der Waals surface area contributed by atoms with Gasteiger partial charge in [-0.2, -0.15) is 0 Å². The van der Waals surface area contributed by atoms with Crippen molar-refractivity contribution in [3.63, 3.8) is 0 Å². The van der Waals surface area contributed by atoms with Gasteiger partial charge in [0.25, 0.3) is 5.91 Å². The number of hydrogen-bond donors (Lipinski definition) is 2. The van der Waals surface area contributed by atoms with Gasteiger partial charge in [-0.3, -0.25) is 9.59 Å². The van der Waals surface area contributed by atoms with Crippen molar-refractivity contribution in [2.45, 2.75) is 25.3 Å². The summed E-state index contributed by atoms with van der Waals surface area (Å²) in [6, 6.07) is 5.62. The highest BCUT2D eigenvalue weighted by atomic mass is 35.5. The Labute approximate surface area is 140 Å². The summed E-state index contributed by atoms with van der Waals surface area (Å²) in [6.45, 7) is 1.40. The largest absolute Gasteiger partial charge is 0.481 e. The van der Waals surface area contributed by atoms with Gasteiger partial charge in [-0.25, -0.2) is 4.39 Å². The molecule has 2 heterocycles. The lowest BCUT2D eigenvalue weighted by molar-refractivity contribution is -0.156. The number of amides is 1. The van der Waals surface area contributed by atoms with Crippen molar-refractivity contribution in [2.24, 2.45) is 5.41 Å². The second kappa shape index (κ2) is 6.84. The summed E-state index contributed by atoms with van der Waals surface area (Å²) in [5, 5.41) is 12.8. The molecule has 0 bridgehead atoms. The Kier molecular flexibility index (Phi) is 5.26. The van der Waals surface area contributed by atoms with Gasteiger partial charge in [0.15, 0.2) is 0 Å². The quantitative estimate of drug-likeness (QED) is 0.861. The Morgan fingerprint density at radius 3 is 2.74 bits per heavy atom. The Bertz CT molecular complexity index is 613. The summed E-state index contributed by atoms with van der Waals surface area (Å²) < 4.78 is 13.8. The predicted octanol–water partition coefficient (Wildman–Crippen LogP) is 1.92. The number of carboxylic acid groups (broad SMARTS) is 1. The number of nitrogens with zero attached hydrogens (tertiary/aromatic N) is 1. The van der Waals surface area contributed by atoms with Gasteiger partial charge in [-0.05, 0) is 37.9 Å². The van der Waals surface area contributed by atoms with E-state index in [1.54, 1.807) is 17.0 Å². The number of piperidine rings is 2. The van der Waals surface area contributed by atoms with Crippen molar-refractivity contribution < 1.29 is 19.1 Å². The number of halogens is 2. The first-order valence-corrected chi connectivity index (χ1v) is 7.55. The maximum absolute atomic E-state index is 13.8. The second-order valence-electron chi connectivity index (χ2n) is 6.05. The molecule has 2 N–H and O–H groups in total. The van der Waals surface area contributed by atoms with E-state index in [1.165, 1.54) is 12.1 Å². The molecule has 2 aliphatic rings. The van der Waals surface area contributed by atoms with Gasteiger partial charge in [0, 0.05) is 19.1 Å². The molecule has 5 nitrogen and oxygen atoms in total. The first-order chi connectivity index (χ1) is 10.5. The highest BCUT2D eigenvalue weighted by Gasteiger charge is 2.50. The maximum atomic E-state index is 13.8. The van der Waals surface area contributed by atoms with E-state index in [2.05, 4.69) is 5.32 Å². The number of carboxylic acids is 1. The van der Waals surface area contributed by atoms with Crippen LogP contribution in [0.3, 0.4) is 0 Å². The van der Waals surface area contributed by atoms with Gasteiger partial charge in [0.1, 0.15) is 5.82 Å². The van der Waals surface area contributed by atoms with Crippen LogP contribution in [0.4, 0.5) is 4.39 Å². The standard InChI is InChI=1S/C16H19FN2O3.ClH/c17-12-5-2-1-4-11(12)14(20)19-9-7-16(15(21)22)6-3-8-18-13(16)10-19;/h1-2,4-5,13,18H,3,6-10H2,(H,21,22);1H/t13-,16+;/m1./s1. The molecule has 126 valence electrons. The van der Waals surface area contributed by atoms with Crippen molar-refractivity contribution >= 4 is 24.3 Å². The highest BCUT2D eigenvalue weighted by Crippen LogP contribution is 2.39. The van der Waals surface area contributed by atoms with Crippen LogP contribution < -0.4 is 5.32 Å². The smallest absolute Gasteiger partial charge is 0.311 e. The minimum absolute atomic E-state index is 0. The number of rotatable bonds is 2. The van der Waals surface area contributed by atoms with Crippen LogP contribution in [-0.4, -0.2) is 47.6 Å². The molecule has 3 rings (SSSR count). The third-order valence-corrected chi connectivity index (χ3v) is 4.91. The molecule has 1 aromatic rings. The molecule has 0 aliphatic carbocycles. The molecule has 23 heavy (non-hydrogen) atoms. The van der Waals surface area contributed by atoms with Crippen molar-refractivity contribution in [3.8, 4) is 0 Å². The zero-order valence-electron chi connectivity index (χ0n) is 12.6. The number of aliphatic carboxylic acids is 1. The molecule has 0 radical (unpaired) electrons. The van der Waals surface area contributed by atoms with E-state index < -0.39 is 17.2 Å². The number of likely N-dealkylation sites (tertiary alicyclic amines) is 1. The van der Waals surface area contributed by atoms with Crippen LogP contribution in [0.5, 0.6) is 0 Å². The normalized spacial score (nSPS) is 26.8. The van der Waals surface area contributed by atoms with Crippen molar-refractivity contribution in [1.82, 2.24) is 10.2 Å². The average Bonchev–Trinajstić information content (AvgIpc) is 2.54. The van der Waals surface area contributed by atoms with E-state index in [1.807, 2.05) is 0 Å². The molecule has 2 saturated heterocycles. The minimum Gasteiger partial charge on any atom is -0.481 e. The van der Waals surface area contributed by atoms with Crippen LogP contribution in [0.1, 0.15) is 29.6 Å². The molecular weight excluding hydrogens is 323 g/mol. The van der Waals surface area contributed by atoms with Gasteiger partial charge in [-0.15, -0.1) is 12.4 Å². The zero-order valence-corrected chi connectivity index (χ0v) is 13.4. The van der Waals surface area contributed by atoms with Crippen LogP contribution in [0.15, 0.2) is 24.3 Å². The lowest BCUT2D eigenvalue weighted by Crippen LogP contribution is -2.63. The Balaban J connectivity index is 0.00000192. The summed E-state index contributed by atoms with van der Waals surface area (Å²) >= 11 is 0. The summed E-state index contributed by atoms with van der Waals surface area (Å²) in [6.07, 6.45) is 1.85. The fourth-order valence-electron chi connectivity index (χ4n) is 3.59. The number of nitrogens with one attached hydrogen (secondary N) is 1. The SMILES string of the molecule is Cl.O=C(c1ccccc1F)N1CC[C@@]2(C(=O)O)CCCN[C@@H]2C1. The van der Waals surface area contributed by atoms with E-state index >= 15 is 0 Å². The number of benzene rings is 1. The van der Waals surface area contributed by atoms with Gasteiger partial charge in [0.2, 0.25) is 0 Å². The summed E-state index contributed by atoms with van der Waals surface area (Å²) in [7, 11) is 0. The molecule has 1 amide bonds. The molecule has 2 fully saturated rings.